The summed E-state index contributed by atoms with van der Waals surface area (Å²) in [6.07, 6.45) is 0.785. The molecule has 0 bridgehead atoms. The van der Waals surface area contributed by atoms with Crippen LogP contribution < -0.4 is 4.74 Å². The molecule has 1 aromatic rings. The van der Waals surface area contributed by atoms with Gasteiger partial charge in [0, 0.05) is 5.56 Å². The summed E-state index contributed by atoms with van der Waals surface area (Å²) in [5, 5.41) is 9.43. The second-order valence-electron chi connectivity index (χ2n) is 4.17. The van der Waals surface area contributed by atoms with Gasteiger partial charge in [0.2, 0.25) is 6.29 Å². The van der Waals surface area contributed by atoms with Crippen LogP contribution >= 0.6 is 0 Å². The Morgan fingerprint density at radius 1 is 1.50 bits per heavy atom. The highest BCUT2D eigenvalue weighted by molar-refractivity contribution is 5.48. The standard InChI is InChI=1S/C11H12O3/c1-11-4-5-13-10(11)14-9-3-2-7(12)6-8(9)11/h2-3,6,10,12H,4-5H2,1H3/t10?,11-/m0/s1. The Balaban J connectivity index is 2.17. The zero-order chi connectivity index (χ0) is 9.76. The Kier molecular flexibility index (Phi) is 1.40. The fraction of sp³-hybridized carbons (Fsp3) is 0.455. The molecule has 2 heterocycles. The van der Waals surface area contributed by atoms with Gasteiger partial charge >= 0.3 is 0 Å². The molecule has 1 fully saturated rings. The maximum absolute atomic E-state index is 9.43. The fourth-order valence-corrected chi connectivity index (χ4v) is 2.29. The molecule has 3 heteroatoms. The van der Waals surface area contributed by atoms with Crippen molar-refractivity contribution < 1.29 is 14.6 Å². The summed E-state index contributed by atoms with van der Waals surface area (Å²) in [5.74, 6) is 1.14. The van der Waals surface area contributed by atoms with E-state index in [0.29, 0.717) is 5.75 Å². The zero-order valence-electron chi connectivity index (χ0n) is 7.99. The molecule has 0 amide bonds. The van der Waals surface area contributed by atoms with Crippen molar-refractivity contribution in [2.24, 2.45) is 0 Å². The van der Waals surface area contributed by atoms with Crippen LogP contribution in [0.1, 0.15) is 18.9 Å². The molecule has 1 unspecified atom stereocenters. The number of benzene rings is 1. The number of fused-ring (bicyclic) bond motifs is 3. The van der Waals surface area contributed by atoms with Gasteiger partial charge in [-0.25, -0.2) is 0 Å². The second kappa shape index (κ2) is 2.42. The number of phenols is 1. The first-order valence-electron chi connectivity index (χ1n) is 4.82. The van der Waals surface area contributed by atoms with Crippen LogP contribution in [0.15, 0.2) is 18.2 Å². The topological polar surface area (TPSA) is 38.7 Å². The summed E-state index contributed by atoms with van der Waals surface area (Å²) < 4.78 is 11.2. The van der Waals surface area contributed by atoms with Crippen LogP contribution in [0.2, 0.25) is 0 Å². The molecule has 2 atom stereocenters. The molecule has 3 rings (SSSR count). The summed E-state index contributed by atoms with van der Waals surface area (Å²) in [4.78, 5) is 0. The normalized spacial score (nSPS) is 33.6. The lowest BCUT2D eigenvalue weighted by molar-refractivity contribution is -0.0514. The van der Waals surface area contributed by atoms with Crippen LogP contribution in [0.5, 0.6) is 11.5 Å². The Morgan fingerprint density at radius 2 is 2.36 bits per heavy atom. The van der Waals surface area contributed by atoms with E-state index < -0.39 is 0 Å². The number of rotatable bonds is 0. The minimum absolute atomic E-state index is 0.0753. The predicted octanol–water partition coefficient (Wildman–Crippen LogP) is 1.79. The van der Waals surface area contributed by atoms with E-state index in [9.17, 15) is 5.11 Å². The summed E-state index contributed by atoms with van der Waals surface area (Å²) in [5.41, 5.74) is 0.994. The Labute approximate surface area is 82.3 Å². The summed E-state index contributed by atoms with van der Waals surface area (Å²) >= 11 is 0. The van der Waals surface area contributed by atoms with Gasteiger partial charge < -0.3 is 14.6 Å². The minimum Gasteiger partial charge on any atom is -0.508 e. The van der Waals surface area contributed by atoms with Crippen molar-refractivity contribution in [2.75, 3.05) is 6.61 Å². The van der Waals surface area contributed by atoms with Crippen molar-refractivity contribution in [3.63, 3.8) is 0 Å². The Morgan fingerprint density at radius 3 is 3.21 bits per heavy atom. The lowest BCUT2D eigenvalue weighted by Gasteiger charge is -2.19. The predicted molar refractivity (Wildman–Crippen MR) is 50.4 cm³/mol. The largest absolute Gasteiger partial charge is 0.508 e. The van der Waals surface area contributed by atoms with E-state index in [1.54, 1.807) is 18.2 Å². The first-order valence-corrected chi connectivity index (χ1v) is 4.82. The van der Waals surface area contributed by atoms with E-state index in [4.69, 9.17) is 9.47 Å². The average Bonchev–Trinajstić information content (AvgIpc) is 2.62. The van der Waals surface area contributed by atoms with E-state index in [1.165, 1.54) is 0 Å². The third-order valence-corrected chi connectivity index (χ3v) is 3.22. The van der Waals surface area contributed by atoms with E-state index >= 15 is 0 Å². The smallest absolute Gasteiger partial charge is 0.209 e. The lowest BCUT2D eigenvalue weighted by Crippen LogP contribution is -2.29. The number of hydrogen-bond donors (Lipinski definition) is 1. The van der Waals surface area contributed by atoms with Crippen LogP contribution in [0.3, 0.4) is 0 Å². The van der Waals surface area contributed by atoms with Gasteiger partial charge in [0.05, 0.1) is 12.0 Å². The highest BCUT2D eigenvalue weighted by Gasteiger charge is 2.49. The van der Waals surface area contributed by atoms with Crippen LogP contribution in [-0.2, 0) is 10.2 Å². The molecule has 14 heavy (non-hydrogen) atoms. The van der Waals surface area contributed by atoms with E-state index in [1.807, 2.05) is 0 Å². The molecule has 0 spiro atoms. The third-order valence-electron chi connectivity index (χ3n) is 3.22. The van der Waals surface area contributed by atoms with Crippen molar-refractivity contribution >= 4 is 0 Å². The van der Waals surface area contributed by atoms with Crippen LogP contribution in [-0.4, -0.2) is 18.0 Å². The number of aromatic hydroxyl groups is 1. The van der Waals surface area contributed by atoms with Gasteiger partial charge in [-0.1, -0.05) is 0 Å². The molecule has 1 aromatic carbocycles. The number of phenolic OH excluding ortho intramolecular Hbond substituents is 1. The SMILES string of the molecule is C[C@@]12CCOC1Oc1ccc(O)cc12. The van der Waals surface area contributed by atoms with Crippen molar-refractivity contribution in [3.05, 3.63) is 23.8 Å². The number of ether oxygens (including phenoxy) is 2. The second-order valence-corrected chi connectivity index (χ2v) is 4.17. The third kappa shape index (κ3) is 0.852. The molecule has 0 aromatic heterocycles. The minimum atomic E-state index is -0.167. The van der Waals surface area contributed by atoms with Crippen LogP contribution in [0, 0.1) is 0 Å². The quantitative estimate of drug-likeness (QED) is 0.681. The molecular weight excluding hydrogens is 180 g/mol. The first kappa shape index (κ1) is 8.12. The average molecular weight is 192 g/mol. The highest BCUT2D eigenvalue weighted by atomic mass is 16.7. The van der Waals surface area contributed by atoms with Crippen molar-refractivity contribution in [3.8, 4) is 11.5 Å². The fourth-order valence-electron chi connectivity index (χ4n) is 2.29. The monoisotopic (exact) mass is 192 g/mol. The van der Waals surface area contributed by atoms with E-state index in [0.717, 1.165) is 24.3 Å². The van der Waals surface area contributed by atoms with Crippen LogP contribution in [0.4, 0.5) is 0 Å². The molecular formula is C11H12O3. The van der Waals surface area contributed by atoms with Crippen molar-refractivity contribution in [1.29, 1.82) is 0 Å². The van der Waals surface area contributed by atoms with Crippen LogP contribution in [0.25, 0.3) is 0 Å². The van der Waals surface area contributed by atoms with Crippen molar-refractivity contribution in [1.82, 2.24) is 0 Å². The first-order chi connectivity index (χ1) is 6.70. The molecule has 74 valence electrons. The maximum atomic E-state index is 9.43. The van der Waals surface area contributed by atoms with Gasteiger partial charge in [-0.2, -0.15) is 0 Å². The number of hydrogen-bond acceptors (Lipinski definition) is 3. The molecule has 0 aliphatic carbocycles. The van der Waals surface area contributed by atoms with Gasteiger partial charge in [0.15, 0.2) is 0 Å². The van der Waals surface area contributed by atoms with Gasteiger partial charge in [0.25, 0.3) is 0 Å². The van der Waals surface area contributed by atoms with Crippen molar-refractivity contribution in [2.45, 2.75) is 25.0 Å². The summed E-state index contributed by atoms with van der Waals surface area (Å²) in [7, 11) is 0. The lowest BCUT2D eigenvalue weighted by atomic mass is 9.82. The molecule has 2 aliphatic heterocycles. The molecule has 1 saturated heterocycles. The highest BCUT2D eigenvalue weighted by Crippen LogP contribution is 2.49. The van der Waals surface area contributed by atoms with Gasteiger partial charge in [-0.15, -0.1) is 0 Å². The molecule has 0 radical (unpaired) electrons. The van der Waals surface area contributed by atoms with Gasteiger partial charge in [-0.05, 0) is 31.5 Å². The molecule has 0 saturated carbocycles. The molecule has 3 nitrogen and oxygen atoms in total. The Hall–Kier alpha value is -1.22. The molecule has 1 N–H and O–H groups in total. The zero-order valence-corrected chi connectivity index (χ0v) is 7.99. The Bertz CT molecular complexity index is 388. The maximum Gasteiger partial charge on any atom is 0.209 e. The van der Waals surface area contributed by atoms with Gasteiger partial charge in [-0.3, -0.25) is 0 Å². The van der Waals surface area contributed by atoms with Gasteiger partial charge in [0.1, 0.15) is 11.5 Å². The summed E-state index contributed by atoms with van der Waals surface area (Å²) in [6, 6.07) is 5.23. The van der Waals surface area contributed by atoms with E-state index in [-0.39, 0.29) is 11.7 Å². The molecule has 2 aliphatic rings. The summed E-state index contributed by atoms with van der Waals surface area (Å²) in [6.45, 7) is 2.85. The van der Waals surface area contributed by atoms with E-state index in [2.05, 4.69) is 6.92 Å².